The molecule has 1 aromatic carbocycles. The molecule has 2 rings (SSSR count). The minimum Gasteiger partial charge on any atom is -0.469 e. The number of anilines is 1. The van der Waals surface area contributed by atoms with Crippen LogP contribution in [-0.4, -0.2) is 11.2 Å². The summed E-state index contributed by atoms with van der Waals surface area (Å²) in [6, 6.07) is 9.31. The number of hydrogen-bond acceptors (Lipinski definition) is 2. The summed E-state index contributed by atoms with van der Waals surface area (Å²) in [6.45, 7) is 2.07. The average Bonchev–Trinajstić information content (AvgIpc) is 2.87. The molecule has 0 spiro atoms. The van der Waals surface area contributed by atoms with Crippen molar-refractivity contribution in [3.05, 3.63) is 52.4 Å². The summed E-state index contributed by atoms with van der Waals surface area (Å²) in [5.41, 5.74) is 0.767. The van der Waals surface area contributed by atoms with E-state index in [1.165, 1.54) is 0 Å². The van der Waals surface area contributed by atoms with E-state index in [2.05, 4.69) is 17.6 Å². The number of furan rings is 1. The second kappa shape index (κ2) is 7.69. The summed E-state index contributed by atoms with van der Waals surface area (Å²) < 4.78 is 5.31. The number of hydrogen-bond donors (Lipinski definition) is 2. The second-order valence-corrected chi connectivity index (χ2v) is 6.06. The van der Waals surface area contributed by atoms with Gasteiger partial charge in [0.2, 0.25) is 0 Å². The first kappa shape index (κ1) is 16.1. The first-order valence-corrected chi connectivity index (χ1v) is 7.75. The van der Waals surface area contributed by atoms with Gasteiger partial charge in [0.1, 0.15) is 5.76 Å². The Hall–Kier alpha value is -1.23. The third kappa shape index (κ3) is 5.58. The maximum Gasteiger partial charge on any atom is 0.170 e. The number of halogens is 2. The Labute approximate surface area is 139 Å². The number of aryl methyl sites for hydroxylation is 1. The van der Waals surface area contributed by atoms with E-state index in [0.717, 1.165) is 24.3 Å². The summed E-state index contributed by atoms with van der Waals surface area (Å²) in [4.78, 5) is 0. The van der Waals surface area contributed by atoms with Gasteiger partial charge in [0.15, 0.2) is 5.11 Å². The predicted octanol–water partition coefficient (Wildman–Crippen LogP) is 4.89. The fourth-order valence-electron chi connectivity index (χ4n) is 1.90. The van der Waals surface area contributed by atoms with Gasteiger partial charge in [-0.05, 0) is 55.9 Å². The SMILES string of the molecule is C[C@@H](CCc1ccco1)NC(=S)Nc1cc(Cl)cc(Cl)c1. The summed E-state index contributed by atoms with van der Waals surface area (Å²) in [5, 5.41) is 7.98. The topological polar surface area (TPSA) is 37.2 Å². The molecular formula is C15H16Cl2N2OS. The first-order chi connectivity index (χ1) is 10.0. The molecule has 1 aromatic heterocycles. The van der Waals surface area contributed by atoms with E-state index in [-0.39, 0.29) is 6.04 Å². The molecule has 0 unspecified atom stereocenters. The number of nitrogens with one attached hydrogen (secondary N) is 2. The Morgan fingerprint density at radius 3 is 2.62 bits per heavy atom. The Kier molecular flexibility index (Phi) is 5.91. The van der Waals surface area contributed by atoms with Crippen molar-refractivity contribution in [1.29, 1.82) is 0 Å². The van der Waals surface area contributed by atoms with E-state index in [9.17, 15) is 0 Å². The largest absolute Gasteiger partial charge is 0.469 e. The van der Waals surface area contributed by atoms with Gasteiger partial charge in [-0.2, -0.15) is 0 Å². The van der Waals surface area contributed by atoms with Crippen molar-refractivity contribution in [1.82, 2.24) is 5.32 Å². The van der Waals surface area contributed by atoms with Crippen LogP contribution >= 0.6 is 35.4 Å². The Morgan fingerprint density at radius 1 is 1.29 bits per heavy atom. The molecule has 2 N–H and O–H groups in total. The molecule has 0 bridgehead atoms. The zero-order chi connectivity index (χ0) is 15.2. The van der Waals surface area contributed by atoms with Gasteiger partial charge in [-0.25, -0.2) is 0 Å². The van der Waals surface area contributed by atoms with E-state index >= 15 is 0 Å². The van der Waals surface area contributed by atoms with Crippen LogP contribution in [-0.2, 0) is 6.42 Å². The van der Waals surface area contributed by atoms with Crippen LogP contribution in [0, 0.1) is 0 Å². The highest BCUT2D eigenvalue weighted by atomic mass is 35.5. The van der Waals surface area contributed by atoms with Gasteiger partial charge < -0.3 is 15.1 Å². The van der Waals surface area contributed by atoms with Crippen LogP contribution < -0.4 is 10.6 Å². The summed E-state index contributed by atoms with van der Waals surface area (Å²) >= 11 is 17.2. The quantitative estimate of drug-likeness (QED) is 0.758. The lowest BCUT2D eigenvalue weighted by Gasteiger charge is -2.16. The van der Waals surface area contributed by atoms with Crippen LogP contribution in [0.5, 0.6) is 0 Å². The maximum absolute atomic E-state index is 5.95. The van der Waals surface area contributed by atoms with Gasteiger partial charge in [0.25, 0.3) is 0 Å². The molecular weight excluding hydrogens is 327 g/mol. The van der Waals surface area contributed by atoms with Crippen molar-refractivity contribution < 1.29 is 4.42 Å². The van der Waals surface area contributed by atoms with Crippen LogP contribution in [0.15, 0.2) is 41.0 Å². The average molecular weight is 343 g/mol. The van der Waals surface area contributed by atoms with Gasteiger partial charge in [0.05, 0.1) is 6.26 Å². The van der Waals surface area contributed by atoms with Crippen molar-refractivity contribution in [3.8, 4) is 0 Å². The van der Waals surface area contributed by atoms with Crippen LogP contribution in [0.4, 0.5) is 5.69 Å². The minimum atomic E-state index is 0.227. The molecule has 21 heavy (non-hydrogen) atoms. The van der Waals surface area contributed by atoms with Gasteiger partial charge >= 0.3 is 0 Å². The van der Waals surface area contributed by atoms with Gasteiger partial charge in [-0.3, -0.25) is 0 Å². The molecule has 0 saturated heterocycles. The molecule has 0 saturated carbocycles. The van der Waals surface area contributed by atoms with Crippen LogP contribution in [0.25, 0.3) is 0 Å². The highest BCUT2D eigenvalue weighted by Gasteiger charge is 2.07. The molecule has 6 heteroatoms. The van der Waals surface area contributed by atoms with E-state index < -0.39 is 0 Å². The normalized spacial score (nSPS) is 12.0. The zero-order valence-electron chi connectivity index (χ0n) is 11.5. The lowest BCUT2D eigenvalue weighted by molar-refractivity contribution is 0.483. The summed E-state index contributed by atoms with van der Waals surface area (Å²) in [7, 11) is 0. The second-order valence-electron chi connectivity index (χ2n) is 4.78. The van der Waals surface area contributed by atoms with E-state index in [0.29, 0.717) is 15.2 Å². The summed E-state index contributed by atoms with van der Waals surface area (Å²) in [5.74, 6) is 0.976. The third-order valence-electron chi connectivity index (χ3n) is 2.90. The Balaban J connectivity index is 1.80. The first-order valence-electron chi connectivity index (χ1n) is 6.59. The molecule has 0 aliphatic rings. The van der Waals surface area contributed by atoms with E-state index in [4.69, 9.17) is 39.8 Å². The standard InChI is InChI=1S/C15H16Cl2N2OS/c1-10(4-5-14-3-2-6-20-14)18-15(21)19-13-8-11(16)7-12(17)9-13/h2-3,6-10H,4-5H2,1H3,(H2,18,19,21)/t10-/m0/s1. The van der Waals surface area contributed by atoms with E-state index in [1.807, 2.05) is 12.1 Å². The van der Waals surface area contributed by atoms with Crippen molar-refractivity contribution in [2.24, 2.45) is 0 Å². The highest BCUT2D eigenvalue weighted by molar-refractivity contribution is 7.80. The van der Waals surface area contributed by atoms with Gasteiger partial charge in [-0.1, -0.05) is 23.2 Å². The Morgan fingerprint density at radius 2 is 2.00 bits per heavy atom. The van der Waals surface area contributed by atoms with Crippen molar-refractivity contribution >= 4 is 46.2 Å². The molecule has 1 atom stereocenters. The van der Waals surface area contributed by atoms with Crippen molar-refractivity contribution in [2.45, 2.75) is 25.8 Å². The molecule has 0 radical (unpaired) electrons. The van der Waals surface area contributed by atoms with Crippen molar-refractivity contribution in [2.75, 3.05) is 5.32 Å². The highest BCUT2D eigenvalue weighted by Crippen LogP contribution is 2.22. The predicted molar refractivity (Wildman–Crippen MR) is 92.3 cm³/mol. The Bertz CT molecular complexity index is 581. The third-order valence-corrected chi connectivity index (χ3v) is 3.56. The van der Waals surface area contributed by atoms with Gasteiger partial charge in [-0.15, -0.1) is 0 Å². The lowest BCUT2D eigenvalue weighted by atomic mass is 10.1. The molecule has 3 nitrogen and oxygen atoms in total. The molecule has 0 fully saturated rings. The minimum absolute atomic E-state index is 0.227. The zero-order valence-corrected chi connectivity index (χ0v) is 13.9. The van der Waals surface area contributed by atoms with Crippen molar-refractivity contribution in [3.63, 3.8) is 0 Å². The molecule has 0 amide bonds. The lowest BCUT2D eigenvalue weighted by Crippen LogP contribution is -2.36. The van der Waals surface area contributed by atoms with Gasteiger partial charge in [0, 0.05) is 28.2 Å². The monoisotopic (exact) mass is 342 g/mol. The molecule has 0 aliphatic carbocycles. The molecule has 0 aliphatic heterocycles. The molecule has 1 heterocycles. The number of thiocarbonyl (C=S) groups is 1. The van der Waals surface area contributed by atoms with Crippen LogP contribution in [0.3, 0.4) is 0 Å². The molecule has 112 valence electrons. The van der Waals surface area contributed by atoms with Crippen LogP contribution in [0.2, 0.25) is 10.0 Å². The maximum atomic E-state index is 5.95. The number of benzene rings is 1. The van der Waals surface area contributed by atoms with E-state index in [1.54, 1.807) is 24.5 Å². The molecule has 2 aromatic rings. The number of rotatable bonds is 5. The fourth-order valence-corrected chi connectivity index (χ4v) is 2.75. The smallest absolute Gasteiger partial charge is 0.170 e. The summed E-state index contributed by atoms with van der Waals surface area (Å²) in [6.07, 6.45) is 3.47. The fraction of sp³-hybridized carbons (Fsp3) is 0.267. The van der Waals surface area contributed by atoms with Crippen LogP contribution in [0.1, 0.15) is 19.1 Å².